The van der Waals surface area contributed by atoms with Crippen molar-refractivity contribution in [2.45, 2.75) is 13.5 Å². The molecule has 2 N–H and O–H groups in total. The van der Waals surface area contributed by atoms with Crippen LogP contribution in [0, 0.1) is 10.1 Å². The fraction of sp³-hybridized carbons (Fsp3) is 0.125. The molecule has 0 unspecified atom stereocenters. The van der Waals surface area contributed by atoms with E-state index in [9.17, 15) is 10.1 Å². The summed E-state index contributed by atoms with van der Waals surface area (Å²) in [6, 6.07) is 16.1. The summed E-state index contributed by atoms with van der Waals surface area (Å²) in [4.78, 5) is 10.2. The van der Waals surface area contributed by atoms with E-state index in [2.05, 4.69) is 15.8 Å². The molecule has 7 heteroatoms. The molecule has 23 heavy (non-hydrogen) atoms. The molecule has 2 rings (SSSR count). The number of hydrogen-bond acceptors (Lipinski definition) is 4. The van der Waals surface area contributed by atoms with Crippen molar-refractivity contribution in [2.24, 2.45) is 5.10 Å². The van der Waals surface area contributed by atoms with E-state index >= 15 is 0 Å². The largest absolute Gasteiger partial charge is 0.357 e. The van der Waals surface area contributed by atoms with Gasteiger partial charge < -0.3 is 5.32 Å². The molecule has 2 aromatic rings. The zero-order chi connectivity index (χ0) is 16.7. The molecule has 0 bridgehead atoms. The van der Waals surface area contributed by atoms with E-state index in [4.69, 9.17) is 12.2 Å². The minimum Gasteiger partial charge on any atom is -0.357 e. The van der Waals surface area contributed by atoms with Crippen LogP contribution in [0.2, 0.25) is 0 Å². The van der Waals surface area contributed by atoms with Gasteiger partial charge in [-0.05, 0) is 42.4 Å². The second kappa shape index (κ2) is 8.00. The van der Waals surface area contributed by atoms with E-state index in [0.717, 1.165) is 11.1 Å². The van der Waals surface area contributed by atoms with Gasteiger partial charge >= 0.3 is 0 Å². The van der Waals surface area contributed by atoms with E-state index in [0.29, 0.717) is 17.4 Å². The number of hydrazone groups is 1. The van der Waals surface area contributed by atoms with Gasteiger partial charge in [0.2, 0.25) is 0 Å². The van der Waals surface area contributed by atoms with Crippen molar-refractivity contribution in [3.05, 3.63) is 75.8 Å². The van der Waals surface area contributed by atoms with Crippen molar-refractivity contribution in [1.29, 1.82) is 0 Å². The normalized spacial score (nSPS) is 10.9. The fourth-order valence-corrected chi connectivity index (χ4v) is 1.96. The van der Waals surface area contributed by atoms with Gasteiger partial charge in [0, 0.05) is 18.7 Å². The van der Waals surface area contributed by atoms with Crippen molar-refractivity contribution >= 4 is 28.7 Å². The van der Waals surface area contributed by atoms with Gasteiger partial charge in [-0.25, -0.2) is 0 Å². The van der Waals surface area contributed by atoms with Gasteiger partial charge in [0.1, 0.15) is 0 Å². The Bertz CT molecular complexity index is 715. The van der Waals surface area contributed by atoms with Crippen LogP contribution in [0.25, 0.3) is 0 Å². The molecule has 0 aliphatic carbocycles. The summed E-state index contributed by atoms with van der Waals surface area (Å²) >= 11 is 5.16. The highest BCUT2D eigenvalue weighted by Crippen LogP contribution is 2.12. The van der Waals surface area contributed by atoms with E-state index in [-0.39, 0.29) is 5.69 Å². The number of nitrogens with zero attached hydrogens (tertiary/aromatic N) is 2. The maximum Gasteiger partial charge on any atom is 0.269 e. The van der Waals surface area contributed by atoms with Crippen molar-refractivity contribution in [3.8, 4) is 0 Å². The Hall–Kier alpha value is -2.80. The summed E-state index contributed by atoms with van der Waals surface area (Å²) in [5, 5.41) is 18.3. The molecule has 0 atom stereocenters. The van der Waals surface area contributed by atoms with Gasteiger partial charge in [0.05, 0.1) is 10.6 Å². The van der Waals surface area contributed by atoms with Crippen LogP contribution in [-0.4, -0.2) is 15.7 Å². The van der Waals surface area contributed by atoms with Crippen LogP contribution in [0.3, 0.4) is 0 Å². The predicted molar refractivity (Wildman–Crippen MR) is 94.3 cm³/mol. The summed E-state index contributed by atoms with van der Waals surface area (Å²) in [5.41, 5.74) is 5.40. The first-order valence-electron chi connectivity index (χ1n) is 6.93. The number of thiocarbonyl (C=S) groups is 1. The molecule has 118 valence electrons. The topological polar surface area (TPSA) is 79.6 Å². The molecule has 0 aliphatic heterocycles. The standard InChI is InChI=1S/C16H16N4O2S/c1-12(14-7-9-15(10-8-14)20(21)22)18-19-16(23)17-11-13-5-3-2-4-6-13/h2-10H,11H2,1H3,(H2,17,19,23)/b18-12-. The summed E-state index contributed by atoms with van der Waals surface area (Å²) in [5.74, 6) is 0. The highest BCUT2D eigenvalue weighted by Gasteiger charge is 2.05. The van der Waals surface area contributed by atoms with Gasteiger partial charge in [-0.3, -0.25) is 15.5 Å². The molecule has 0 saturated heterocycles. The highest BCUT2D eigenvalue weighted by molar-refractivity contribution is 7.80. The van der Waals surface area contributed by atoms with E-state index in [1.54, 1.807) is 19.1 Å². The van der Waals surface area contributed by atoms with Crippen LogP contribution in [0.15, 0.2) is 59.7 Å². The Labute approximate surface area is 139 Å². The van der Waals surface area contributed by atoms with Gasteiger partial charge in [-0.2, -0.15) is 5.10 Å². The van der Waals surface area contributed by atoms with Gasteiger partial charge in [0.25, 0.3) is 5.69 Å². The third-order valence-electron chi connectivity index (χ3n) is 3.12. The zero-order valence-electron chi connectivity index (χ0n) is 12.5. The van der Waals surface area contributed by atoms with Crippen LogP contribution in [0.4, 0.5) is 5.69 Å². The maximum absolute atomic E-state index is 10.6. The smallest absolute Gasteiger partial charge is 0.269 e. The molecule has 6 nitrogen and oxygen atoms in total. The Kier molecular flexibility index (Phi) is 5.76. The Balaban J connectivity index is 1.88. The number of hydrogen-bond donors (Lipinski definition) is 2. The molecule has 0 radical (unpaired) electrons. The van der Waals surface area contributed by atoms with Crippen LogP contribution in [0.5, 0.6) is 0 Å². The number of nitro benzene ring substituents is 1. The number of rotatable bonds is 5. The second-order valence-corrected chi connectivity index (χ2v) is 5.19. The average Bonchev–Trinajstić information content (AvgIpc) is 2.58. The van der Waals surface area contributed by atoms with Crippen molar-refractivity contribution in [2.75, 3.05) is 0 Å². The van der Waals surface area contributed by atoms with E-state index in [1.165, 1.54) is 12.1 Å². The van der Waals surface area contributed by atoms with Crippen molar-refractivity contribution in [3.63, 3.8) is 0 Å². The third-order valence-corrected chi connectivity index (χ3v) is 3.35. The molecule has 2 aromatic carbocycles. The molecular weight excluding hydrogens is 312 g/mol. The van der Waals surface area contributed by atoms with E-state index < -0.39 is 4.92 Å². The fourth-order valence-electron chi connectivity index (χ4n) is 1.84. The Morgan fingerprint density at radius 3 is 2.43 bits per heavy atom. The SMILES string of the molecule is C/C(=N/NC(=S)NCc1ccccc1)c1ccc([N+](=O)[O-])cc1. The Morgan fingerprint density at radius 2 is 1.83 bits per heavy atom. The monoisotopic (exact) mass is 328 g/mol. The highest BCUT2D eigenvalue weighted by atomic mass is 32.1. The zero-order valence-corrected chi connectivity index (χ0v) is 13.3. The molecular formula is C16H16N4O2S. The van der Waals surface area contributed by atoms with Gasteiger partial charge in [-0.1, -0.05) is 30.3 Å². The average molecular weight is 328 g/mol. The van der Waals surface area contributed by atoms with Crippen LogP contribution >= 0.6 is 12.2 Å². The molecule has 0 aromatic heterocycles. The summed E-state index contributed by atoms with van der Waals surface area (Å²) in [6.45, 7) is 2.41. The Morgan fingerprint density at radius 1 is 1.17 bits per heavy atom. The minimum absolute atomic E-state index is 0.0505. The van der Waals surface area contributed by atoms with E-state index in [1.807, 2.05) is 30.3 Å². The molecule has 0 spiro atoms. The first kappa shape index (κ1) is 16.6. The third kappa shape index (κ3) is 5.15. The minimum atomic E-state index is -0.433. The number of benzene rings is 2. The number of nitrogens with one attached hydrogen (secondary N) is 2. The summed E-state index contributed by atoms with van der Waals surface area (Å²) in [6.07, 6.45) is 0. The first-order chi connectivity index (χ1) is 11.1. The lowest BCUT2D eigenvalue weighted by molar-refractivity contribution is -0.384. The number of non-ortho nitro benzene ring substituents is 1. The summed E-state index contributed by atoms with van der Waals surface area (Å²) in [7, 11) is 0. The van der Waals surface area contributed by atoms with Crippen LogP contribution < -0.4 is 10.7 Å². The first-order valence-corrected chi connectivity index (χ1v) is 7.34. The van der Waals surface area contributed by atoms with Crippen molar-refractivity contribution in [1.82, 2.24) is 10.7 Å². The maximum atomic E-state index is 10.6. The molecule has 0 heterocycles. The molecule has 0 fully saturated rings. The quantitative estimate of drug-likeness (QED) is 0.382. The van der Waals surface area contributed by atoms with Gasteiger partial charge in [-0.15, -0.1) is 0 Å². The lowest BCUT2D eigenvalue weighted by atomic mass is 10.1. The van der Waals surface area contributed by atoms with Crippen LogP contribution in [-0.2, 0) is 6.54 Å². The van der Waals surface area contributed by atoms with Gasteiger partial charge in [0.15, 0.2) is 5.11 Å². The second-order valence-electron chi connectivity index (χ2n) is 4.78. The van der Waals surface area contributed by atoms with Crippen molar-refractivity contribution < 1.29 is 4.92 Å². The number of nitro groups is 1. The molecule has 0 saturated carbocycles. The summed E-state index contributed by atoms with van der Waals surface area (Å²) < 4.78 is 0. The molecule has 0 aliphatic rings. The van der Waals surface area contributed by atoms with Crippen LogP contribution in [0.1, 0.15) is 18.1 Å². The lowest BCUT2D eigenvalue weighted by Gasteiger charge is -2.08. The predicted octanol–water partition coefficient (Wildman–Crippen LogP) is 2.98. The lowest BCUT2D eigenvalue weighted by Crippen LogP contribution is -2.32. The molecule has 0 amide bonds.